The summed E-state index contributed by atoms with van der Waals surface area (Å²) in [4.78, 5) is 33.3. The number of nitrogens with two attached hydrogens (primary N) is 1. The molecule has 1 aromatic heterocycles. The standard InChI is InChI=1S/C23H23N5O2/c1-25-23(30)20-21(24)26-13-19(27-20)15-8-4-9-16(12-15)22(29)28-18-11-5-7-14-6-2-3-10-17(14)18/h2-4,6,8-10,12-13,18H,5,7,11H2,1H3,(H2,24,26)(H,25,30)(H,28,29)/t18-/m0/s1. The number of fused-ring (bicyclic) bond motifs is 1. The van der Waals surface area contributed by atoms with Crippen molar-refractivity contribution in [3.63, 3.8) is 0 Å². The Morgan fingerprint density at radius 2 is 1.93 bits per heavy atom. The van der Waals surface area contributed by atoms with E-state index in [1.807, 2.05) is 18.2 Å². The van der Waals surface area contributed by atoms with E-state index in [0.29, 0.717) is 16.8 Å². The van der Waals surface area contributed by atoms with Gasteiger partial charge >= 0.3 is 0 Å². The molecule has 0 bridgehead atoms. The Hall–Kier alpha value is -3.74. The topological polar surface area (TPSA) is 110 Å². The molecular weight excluding hydrogens is 378 g/mol. The maximum atomic E-state index is 13.0. The molecule has 1 atom stereocenters. The normalized spacial score (nSPS) is 15.2. The Kier molecular flexibility index (Phi) is 5.43. The van der Waals surface area contributed by atoms with Crippen LogP contribution in [-0.4, -0.2) is 28.8 Å². The van der Waals surface area contributed by atoms with Crippen LogP contribution in [0.5, 0.6) is 0 Å². The summed E-state index contributed by atoms with van der Waals surface area (Å²) in [5.74, 6) is -0.497. The number of hydrogen-bond acceptors (Lipinski definition) is 5. The van der Waals surface area contributed by atoms with Gasteiger partial charge in [-0.25, -0.2) is 9.97 Å². The number of nitrogen functional groups attached to an aromatic ring is 1. The molecule has 152 valence electrons. The zero-order valence-corrected chi connectivity index (χ0v) is 16.7. The number of benzene rings is 2. The molecule has 1 aliphatic carbocycles. The van der Waals surface area contributed by atoms with Gasteiger partial charge in [0.15, 0.2) is 11.5 Å². The number of nitrogens with zero attached hydrogens (tertiary/aromatic N) is 2. The minimum absolute atomic E-state index is 0.00211. The van der Waals surface area contributed by atoms with Crippen LogP contribution in [0.1, 0.15) is 50.9 Å². The summed E-state index contributed by atoms with van der Waals surface area (Å²) in [7, 11) is 1.50. The molecule has 0 saturated carbocycles. The molecule has 3 aromatic rings. The van der Waals surface area contributed by atoms with Crippen molar-refractivity contribution in [2.45, 2.75) is 25.3 Å². The minimum atomic E-state index is -0.410. The minimum Gasteiger partial charge on any atom is -0.382 e. The van der Waals surface area contributed by atoms with Crippen molar-refractivity contribution in [3.8, 4) is 11.3 Å². The van der Waals surface area contributed by atoms with Crippen molar-refractivity contribution in [2.75, 3.05) is 12.8 Å². The van der Waals surface area contributed by atoms with Crippen molar-refractivity contribution in [3.05, 3.63) is 77.1 Å². The summed E-state index contributed by atoms with van der Waals surface area (Å²) in [5, 5.41) is 5.66. The number of rotatable bonds is 4. The van der Waals surface area contributed by atoms with Crippen LogP contribution in [0.15, 0.2) is 54.7 Å². The number of aromatic nitrogens is 2. The highest BCUT2D eigenvalue weighted by molar-refractivity contribution is 5.97. The molecule has 2 aromatic carbocycles. The lowest BCUT2D eigenvalue weighted by Crippen LogP contribution is -2.31. The smallest absolute Gasteiger partial charge is 0.273 e. The van der Waals surface area contributed by atoms with Crippen LogP contribution in [0.2, 0.25) is 0 Å². The summed E-state index contributed by atoms with van der Waals surface area (Å²) in [6.07, 6.45) is 4.50. The molecule has 7 heteroatoms. The van der Waals surface area contributed by atoms with Gasteiger partial charge < -0.3 is 16.4 Å². The van der Waals surface area contributed by atoms with E-state index in [9.17, 15) is 9.59 Å². The van der Waals surface area contributed by atoms with Gasteiger partial charge in [-0.05, 0) is 42.5 Å². The van der Waals surface area contributed by atoms with E-state index in [0.717, 1.165) is 19.3 Å². The van der Waals surface area contributed by atoms with Gasteiger partial charge in [0.25, 0.3) is 11.8 Å². The van der Waals surface area contributed by atoms with E-state index in [2.05, 4.69) is 32.7 Å². The van der Waals surface area contributed by atoms with Crippen LogP contribution in [0.4, 0.5) is 5.82 Å². The molecular formula is C23H23N5O2. The van der Waals surface area contributed by atoms with Gasteiger partial charge in [0.05, 0.1) is 17.9 Å². The second-order valence-corrected chi connectivity index (χ2v) is 7.27. The van der Waals surface area contributed by atoms with Crippen molar-refractivity contribution in [1.29, 1.82) is 0 Å². The number of carbonyl (C=O) groups excluding carboxylic acids is 2. The van der Waals surface area contributed by atoms with Gasteiger partial charge in [-0.3, -0.25) is 9.59 Å². The monoisotopic (exact) mass is 401 g/mol. The quantitative estimate of drug-likeness (QED) is 0.623. The predicted molar refractivity (Wildman–Crippen MR) is 115 cm³/mol. The Morgan fingerprint density at radius 1 is 1.10 bits per heavy atom. The molecule has 4 rings (SSSR count). The Labute approximate surface area is 174 Å². The highest BCUT2D eigenvalue weighted by atomic mass is 16.2. The summed E-state index contributed by atoms with van der Waals surface area (Å²) in [5.41, 5.74) is 9.99. The largest absolute Gasteiger partial charge is 0.382 e. The third-order valence-corrected chi connectivity index (χ3v) is 5.34. The molecule has 0 spiro atoms. The molecule has 0 radical (unpaired) electrons. The first-order valence-corrected chi connectivity index (χ1v) is 9.90. The third-order valence-electron chi connectivity index (χ3n) is 5.34. The average molecular weight is 401 g/mol. The maximum absolute atomic E-state index is 13.0. The van der Waals surface area contributed by atoms with Crippen LogP contribution < -0.4 is 16.4 Å². The lowest BCUT2D eigenvalue weighted by atomic mass is 9.87. The Balaban J connectivity index is 1.59. The van der Waals surface area contributed by atoms with Crippen LogP contribution in [0.25, 0.3) is 11.3 Å². The van der Waals surface area contributed by atoms with E-state index in [1.54, 1.807) is 18.2 Å². The van der Waals surface area contributed by atoms with Crippen molar-refractivity contribution >= 4 is 17.6 Å². The van der Waals surface area contributed by atoms with Gasteiger partial charge in [0, 0.05) is 18.2 Å². The number of anilines is 1. The van der Waals surface area contributed by atoms with Crippen molar-refractivity contribution in [1.82, 2.24) is 20.6 Å². The molecule has 0 aliphatic heterocycles. The summed E-state index contributed by atoms with van der Waals surface area (Å²) in [6, 6.07) is 15.4. The molecule has 7 nitrogen and oxygen atoms in total. The first-order valence-electron chi connectivity index (χ1n) is 9.90. The maximum Gasteiger partial charge on any atom is 0.273 e. The second kappa shape index (κ2) is 8.32. The molecule has 0 fully saturated rings. The van der Waals surface area contributed by atoms with E-state index >= 15 is 0 Å². The zero-order valence-electron chi connectivity index (χ0n) is 16.7. The van der Waals surface area contributed by atoms with E-state index in [1.165, 1.54) is 24.4 Å². The van der Waals surface area contributed by atoms with Crippen LogP contribution in [0.3, 0.4) is 0 Å². The predicted octanol–water partition coefficient (Wildman–Crippen LogP) is 2.89. The molecule has 0 saturated heterocycles. The highest BCUT2D eigenvalue weighted by Crippen LogP contribution is 2.30. The highest BCUT2D eigenvalue weighted by Gasteiger charge is 2.22. The fourth-order valence-corrected chi connectivity index (χ4v) is 3.79. The molecule has 0 unspecified atom stereocenters. The Bertz CT molecular complexity index is 1110. The summed E-state index contributed by atoms with van der Waals surface area (Å²) < 4.78 is 0. The SMILES string of the molecule is CNC(=O)c1nc(-c2cccc(C(=O)N[C@H]3CCCc4ccccc43)c2)cnc1N. The van der Waals surface area contributed by atoms with Crippen LogP contribution in [-0.2, 0) is 6.42 Å². The Morgan fingerprint density at radius 3 is 2.77 bits per heavy atom. The molecule has 4 N–H and O–H groups in total. The number of hydrogen-bond donors (Lipinski definition) is 3. The van der Waals surface area contributed by atoms with Crippen molar-refractivity contribution < 1.29 is 9.59 Å². The van der Waals surface area contributed by atoms with E-state index in [4.69, 9.17) is 5.73 Å². The molecule has 1 aliphatic rings. The number of carbonyl (C=O) groups is 2. The summed E-state index contributed by atoms with van der Waals surface area (Å²) in [6.45, 7) is 0. The average Bonchev–Trinajstić information content (AvgIpc) is 2.79. The first kappa shape index (κ1) is 19.6. The third kappa shape index (κ3) is 3.87. The van der Waals surface area contributed by atoms with E-state index < -0.39 is 5.91 Å². The summed E-state index contributed by atoms with van der Waals surface area (Å²) >= 11 is 0. The first-order chi connectivity index (χ1) is 14.6. The van der Waals surface area contributed by atoms with Gasteiger partial charge in [0.1, 0.15) is 0 Å². The fourth-order valence-electron chi connectivity index (χ4n) is 3.79. The van der Waals surface area contributed by atoms with Crippen molar-refractivity contribution in [2.24, 2.45) is 0 Å². The van der Waals surface area contributed by atoms with Gasteiger partial charge in [-0.1, -0.05) is 36.4 Å². The number of nitrogens with one attached hydrogen (secondary N) is 2. The number of aryl methyl sites for hydroxylation is 1. The fraction of sp³-hybridized carbons (Fsp3) is 0.217. The van der Waals surface area contributed by atoms with Crippen LogP contribution in [0, 0.1) is 0 Å². The lowest BCUT2D eigenvalue weighted by Gasteiger charge is -2.26. The van der Waals surface area contributed by atoms with Gasteiger partial charge in [-0.2, -0.15) is 0 Å². The van der Waals surface area contributed by atoms with E-state index in [-0.39, 0.29) is 23.5 Å². The zero-order chi connectivity index (χ0) is 21.1. The molecule has 1 heterocycles. The van der Waals surface area contributed by atoms with Crippen LogP contribution >= 0.6 is 0 Å². The molecule has 30 heavy (non-hydrogen) atoms. The van der Waals surface area contributed by atoms with Gasteiger partial charge in [-0.15, -0.1) is 0 Å². The lowest BCUT2D eigenvalue weighted by molar-refractivity contribution is 0.0930. The number of amides is 2. The van der Waals surface area contributed by atoms with Gasteiger partial charge in [0.2, 0.25) is 0 Å². The second-order valence-electron chi connectivity index (χ2n) is 7.27. The molecule has 2 amide bonds.